The van der Waals surface area contributed by atoms with Gasteiger partial charge in [0.05, 0.1) is 11.7 Å². The highest BCUT2D eigenvalue weighted by molar-refractivity contribution is 9.10. The van der Waals surface area contributed by atoms with Crippen LogP contribution in [-0.4, -0.2) is 17.1 Å². The van der Waals surface area contributed by atoms with Crippen LogP contribution >= 0.6 is 15.9 Å². The Hall–Kier alpha value is -0.900. The molecule has 1 rings (SSSR count). The second-order valence-corrected chi connectivity index (χ2v) is 5.16. The van der Waals surface area contributed by atoms with Crippen LogP contribution < -0.4 is 0 Å². The molecule has 0 aliphatic heterocycles. The SMILES string of the molecule is CCCCCCC(C)OC(=O)c1cccnc1Br. The number of carbonyl (C=O) groups is 1. The molecule has 0 aliphatic carbocycles. The number of unbranched alkanes of at least 4 members (excludes halogenated alkanes) is 3. The number of nitrogens with zero attached hydrogens (tertiary/aromatic N) is 1. The molecule has 0 aliphatic rings. The van der Waals surface area contributed by atoms with E-state index >= 15 is 0 Å². The lowest BCUT2D eigenvalue weighted by atomic mass is 10.1. The molecule has 1 unspecified atom stereocenters. The van der Waals surface area contributed by atoms with Crippen molar-refractivity contribution in [3.8, 4) is 0 Å². The maximum Gasteiger partial charge on any atom is 0.341 e. The molecule has 100 valence electrons. The van der Waals surface area contributed by atoms with Crippen molar-refractivity contribution >= 4 is 21.9 Å². The molecule has 0 fully saturated rings. The van der Waals surface area contributed by atoms with E-state index in [1.54, 1.807) is 18.3 Å². The Balaban J connectivity index is 2.38. The lowest BCUT2D eigenvalue weighted by Crippen LogP contribution is -2.15. The third kappa shape index (κ3) is 5.17. The minimum atomic E-state index is -0.307. The van der Waals surface area contributed by atoms with E-state index in [4.69, 9.17) is 4.74 Å². The molecular weight excluding hydrogens is 294 g/mol. The number of hydrogen-bond donors (Lipinski definition) is 0. The smallest absolute Gasteiger partial charge is 0.341 e. The van der Waals surface area contributed by atoms with E-state index in [0.29, 0.717) is 10.2 Å². The van der Waals surface area contributed by atoms with Crippen molar-refractivity contribution in [1.29, 1.82) is 0 Å². The van der Waals surface area contributed by atoms with E-state index < -0.39 is 0 Å². The zero-order chi connectivity index (χ0) is 13.4. The van der Waals surface area contributed by atoms with Crippen LogP contribution in [-0.2, 0) is 4.74 Å². The van der Waals surface area contributed by atoms with Crippen LogP contribution in [0.4, 0.5) is 0 Å². The van der Waals surface area contributed by atoms with Crippen molar-refractivity contribution in [1.82, 2.24) is 4.98 Å². The first kappa shape index (κ1) is 15.2. The molecule has 0 saturated heterocycles. The highest BCUT2D eigenvalue weighted by atomic mass is 79.9. The van der Waals surface area contributed by atoms with Gasteiger partial charge in [-0.2, -0.15) is 0 Å². The molecule has 0 saturated carbocycles. The summed E-state index contributed by atoms with van der Waals surface area (Å²) in [6.07, 6.45) is 7.29. The van der Waals surface area contributed by atoms with Crippen LogP contribution in [0.15, 0.2) is 22.9 Å². The van der Waals surface area contributed by atoms with Crippen molar-refractivity contribution in [3.05, 3.63) is 28.5 Å². The quantitative estimate of drug-likeness (QED) is 0.426. The van der Waals surface area contributed by atoms with Crippen molar-refractivity contribution in [2.24, 2.45) is 0 Å². The van der Waals surface area contributed by atoms with E-state index in [1.807, 2.05) is 6.92 Å². The molecule has 1 heterocycles. The Morgan fingerprint density at radius 1 is 1.44 bits per heavy atom. The van der Waals surface area contributed by atoms with Crippen molar-refractivity contribution in [2.75, 3.05) is 0 Å². The van der Waals surface area contributed by atoms with E-state index in [9.17, 15) is 4.79 Å². The average Bonchev–Trinajstić information content (AvgIpc) is 2.35. The van der Waals surface area contributed by atoms with Crippen LogP contribution in [0.5, 0.6) is 0 Å². The molecule has 0 N–H and O–H groups in total. The molecule has 4 heteroatoms. The third-order valence-corrected chi connectivity index (χ3v) is 3.38. The van der Waals surface area contributed by atoms with E-state index in [0.717, 1.165) is 12.8 Å². The van der Waals surface area contributed by atoms with Gasteiger partial charge in [-0.1, -0.05) is 26.2 Å². The Kier molecular flexibility index (Phi) is 6.94. The summed E-state index contributed by atoms with van der Waals surface area (Å²) in [6, 6.07) is 3.44. The Morgan fingerprint density at radius 2 is 2.22 bits per heavy atom. The standard InChI is InChI=1S/C14H20BrNO2/c1-3-4-5-6-8-11(2)18-14(17)12-9-7-10-16-13(12)15/h7,9-11H,3-6,8H2,1-2H3. The fraction of sp³-hybridized carbons (Fsp3) is 0.571. The van der Waals surface area contributed by atoms with Gasteiger partial charge in [0.15, 0.2) is 0 Å². The van der Waals surface area contributed by atoms with Gasteiger partial charge in [0.25, 0.3) is 0 Å². The largest absolute Gasteiger partial charge is 0.459 e. The van der Waals surface area contributed by atoms with E-state index in [2.05, 4.69) is 27.8 Å². The van der Waals surface area contributed by atoms with E-state index in [1.165, 1.54) is 19.3 Å². The first-order chi connectivity index (χ1) is 8.65. The number of halogens is 1. The van der Waals surface area contributed by atoms with Gasteiger partial charge in [-0.3, -0.25) is 0 Å². The predicted molar refractivity (Wildman–Crippen MR) is 75.6 cm³/mol. The number of aromatic nitrogens is 1. The molecule has 1 aromatic heterocycles. The maximum absolute atomic E-state index is 11.9. The number of hydrogen-bond acceptors (Lipinski definition) is 3. The van der Waals surface area contributed by atoms with E-state index in [-0.39, 0.29) is 12.1 Å². The van der Waals surface area contributed by atoms with Gasteiger partial charge < -0.3 is 4.74 Å². The van der Waals surface area contributed by atoms with Crippen LogP contribution in [0.25, 0.3) is 0 Å². The van der Waals surface area contributed by atoms with Crippen LogP contribution in [0.1, 0.15) is 56.3 Å². The van der Waals surface area contributed by atoms with Gasteiger partial charge in [0.2, 0.25) is 0 Å². The normalized spacial score (nSPS) is 12.2. The predicted octanol–water partition coefficient (Wildman–Crippen LogP) is 4.36. The summed E-state index contributed by atoms with van der Waals surface area (Å²) in [5, 5.41) is 0. The summed E-state index contributed by atoms with van der Waals surface area (Å²) in [5.74, 6) is -0.307. The maximum atomic E-state index is 11.9. The minimum Gasteiger partial charge on any atom is -0.459 e. The summed E-state index contributed by atoms with van der Waals surface area (Å²) in [6.45, 7) is 4.12. The summed E-state index contributed by atoms with van der Waals surface area (Å²) in [4.78, 5) is 15.9. The molecule has 1 atom stereocenters. The molecule has 3 nitrogen and oxygen atoms in total. The number of esters is 1. The molecule has 1 aromatic rings. The Labute approximate surface area is 117 Å². The summed E-state index contributed by atoms with van der Waals surface area (Å²) >= 11 is 3.25. The third-order valence-electron chi connectivity index (χ3n) is 2.75. The average molecular weight is 314 g/mol. The van der Waals surface area contributed by atoms with Gasteiger partial charge in [0.1, 0.15) is 4.60 Å². The Bertz CT molecular complexity index is 382. The lowest BCUT2D eigenvalue weighted by Gasteiger charge is -2.13. The van der Waals surface area contributed by atoms with Gasteiger partial charge in [-0.15, -0.1) is 0 Å². The zero-order valence-electron chi connectivity index (χ0n) is 11.0. The highest BCUT2D eigenvalue weighted by Gasteiger charge is 2.14. The number of rotatable bonds is 7. The topological polar surface area (TPSA) is 39.2 Å². The molecule has 0 spiro atoms. The molecule has 18 heavy (non-hydrogen) atoms. The van der Waals surface area contributed by atoms with Crippen molar-refractivity contribution in [2.45, 2.75) is 52.1 Å². The van der Waals surface area contributed by atoms with Crippen LogP contribution in [0.2, 0.25) is 0 Å². The lowest BCUT2D eigenvalue weighted by molar-refractivity contribution is 0.0317. The number of pyridine rings is 1. The van der Waals surface area contributed by atoms with Crippen LogP contribution in [0, 0.1) is 0 Å². The zero-order valence-corrected chi connectivity index (χ0v) is 12.6. The summed E-state index contributed by atoms with van der Waals surface area (Å²) < 4.78 is 5.92. The number of carbonyl (C=O) groups excluding carboxylic acids is 1. The van der Waals surface area contributed by atoms with Gasteiger partial charge in [-0.25, -0.2) is 9.78 Å². The first-order valence-corrected chi connectivity index (χ1v) is 7.26. The molecule has 0 radical (unpaired) electrons. The van der Waals surface area contributed by atoms with Crippen LogP contribution in [0.3, 0.4) is 0 Å². The Morgan fingerprint density at radius 3 is 2.89 bits per heavy atom. The summed E-state index contributed by atoms with van der Waals surface area (Å²) in [5.41, 5.74) is 0.484. The summed E-state index contributed by atoms with van der Waals surface area (Å²) in [7, 11) is 0. The monoisotopic (exact) mass is 313 g/mol. The van der Waals surface area contributed by atoms with Crippen molar-refractivity contribution < 1.29 is 9.53 Å². The molecule has 0 amide bonds. The van der Waals surface area contributed by atoms with Crippen molar-refractivity contribution in [3.63, 3.8) is 0 Å². The molecular formula is C14H20BrNO2. The fourth-order valence-electron chi connectivity index (χ4n) is 1.70. The minimum absolute atomic E-state index is 0.0403. The second-order valence-electron chi connectivity index (χ2n) is 4.41. The molecule has 0 bridgehead atoms. The fourth-order valence-corrected chi connectivity index (χ4v) is 2.11. The van der Waals surface area contributed by atoms with Gasteiger partial charge >= 0.3 is 5.97 Å². The molecule has 0 aromatic carbocycles. The van der Waals surface area contributed by atoms with Gasteiger partial charge in [-0.05, 0) is 47.8 Å². The number of ether oxygens (including phenoxy) is 1. The first-order valence-electron chi connectivity index (χ1n) is 6.46. The van der Waals surface area contributed by atoms with Gasteiger partial charge in [0, 0.05) is 6.20 Å². The highest BCUT2D eigenvalue weighted by Crippen LogP contribution is 2.16. The second kappa shape index (κ2) is 8.25.